The smallest absolute Gasteiger partial charge is 0.276 e. The maximum Gasteiger partial charge on any atom is 0.435 e. The predicted molar refractivity (Wildman–Crippen MR) is 51.5 cm³/mol. The number of hydrogen-bond donors (Lipinski definition) is 0. The van der Waals surface area contributed by atoms with Gasteiger partial charge in [0.25, 0.3) is 5.24 Å². The zero-order valence-electron chi connectivity index (χ0n) is 8.74. The fourth-order valence-corrected chi connectivity index (χ4v) is 1.59. The van der Waals surface area contributed by atoms with Crippen molar-refractivity contribution < 1.29 is 35.5 Å². The van der Waals surface area contributed by atoms with E-state index in [1.165, 1.54) is 0 Å². The first-order chi connectivity index (χ1) is 8.43. The van der Waals surface area contributed by atoms with E-state index in [0.717, 1.165) is 12.1 Å². The molecule has 0 fully saturated rings. The number of benzene rings is 1. The van der Waals surface area contributed by atoms with Crippen LogP contribution in [0.2, 0.25) is 0 Å². The van der Waals surface area contributed by atoms with Gasteiger partial charge in [-0.05, 0) is 17.7 Å². The summed E-state index contributed by atoms with van der Waals surface area (Å²) in [7, 11) is 0. The van der Waals surface area contributed by atoms with Crippen LogP contribution in [-0.4, -0.2) is 17.6 Å². The van der Waals surface area contributed by atoms with Crippen LogP contribution in [0, 0.1) is 0 Å². The van der Waals surface area contributed by atoms with E-state index in [1.807, 2.05) is 0 Å². The van der Waals surface area contributed by atoms with Crippen molar-refractivity contribution in [3.63, 3.8) is 0 Å². The third-order valence-corrected chi connectivity index (χ3v) is 2.49. The Balaban J connectivity index is 3.67. The van der Waals surface area contributed by atoms with E-state index < -0.39 is 34.4 Å². The first-order valence-corrected chi connectivity index (χ1v) is 4.92. The lowest BCUT2D eigenvalue weighted by molar-refractivity contribution is -0.348. The fraction of sp³-hybridized carbons (Fsp3) is 0.300. The molecule has 0 saturated heterocycles. The van der Waals surface area contributed by atoms with Crippen molar-refractivity contribution in [3.8, 4) is 0 Å². The van der Waals surface area contributed by atoms with Gasteiger partial charge in [0.2, 0.25) is 0 Å². The minimum atomic E-state index is -6.28. The van der Waals surface area contributed by atoms with Crippen molar-refractivity contribution >= 4 is 16.8 Å². The molecule has 0 N–H and O–H groups in total. The summed E-state index contributed by atoms with van der Waals surface area (Å²) in [5.41, 5.74) is -8.74. The molecule has 0 atom stereocenters. The van der Waals surface area contributed by atoms with E-state index in [1.54, 1.807) is 0 Å². The van der Waals surface area contributed by atoms with E-state index in [2.05, 4.69) is 0 Å². The zero-order valence-corrected chi connectivity index (χ0v) is 9.50. The van der Waals surface area contributed by atoms with Crippen LogP contribution in [0.3, 0.4) is 0 Å². The van der Waals surface area contributed by atoms with Crippen molar-refractivity contribution in [1.29, 1.82) is 0 Å². The summed E-state index contributed by atoms with van der Waals surface area (Å²) >= 11 is 4.87. The van der Waals surface area contributed by atoms with Gasteiger partial charge >= 0.3 is 18.0 Å². The van der Waals surface area contributed by atoms with Crippen LogP contribution >= 0.6 is 11.6 Å². The van der Waals surface area contributed by atoms with Crippen LogP contribution in [0.4, 0.5) is 30.7 Å². The lowest BCUT2D eigenvalue weighted by atomic mass is 9.90. The highest BCUT2D eigenvalue weighted by Gasteiger charge is 2.74. The van der Waals surface area contributed by atoms with Crippen molar-refractivity contribution in [2.45, 2.75) is 18.0 Å². The molecule has 1 aromatic carbocycles. The summed E-state index contributed by atoms with van der Waals surface area (Å²) in [6.45, 7) is 0. The van der Waals surface area contributed by atoms with E-state index in [-0.39, 0.29) is 6.07 Å². The molecule has 0 aliphatic carbocycles. The molecule has 0 radical (unpaired) electrons. The highest BCUT2D eigenvalue weighted by molar-refractivity contribution is 6.67. The molecule has 0 aromatic heterocycles. The number of carbonyl (C=O) groups is 1. The van der Waals surface area contributed by atoms with Gasteiger partial charge in [0.15, 0.2) is 0 Å². The first kappa shape index (κ1) is 15.7. The standard InChI is InChI=1S/C10H4ClF7O/c11-7(19)5-3-1-2-4-6(5)8(12,9(13,14)15)10(16,17)18/h1-4H. The molecule has 19 heavy (non-hydrogen) atoms. The quantitative estimate of drug-likeness (QED) is 0.586. The molecule has 0 aliphatic heterocycles. The van der Waals surface area contributed by atoms with Gasteiger partial charge < -0.3 is 0 Å². The predicted octanol–water partition coefficient (Wildman–Crippen LogP) is 4.36. The van der Waals surface area contributed by atoms with Gasteiger partial charge in [0.1, 0.15) is 0 Å². The van der Waals surface area contributed by atoms with Crippen molar-refractivity contribution in [2.75, 3.05) is 0 Å². The van der Waals surface area contributed by atoms with Crippen molar-refractivity contribution in [1.82, 2.24) is 0 Å². The second-order valence-corrected chi connectivity index (χ2v) is 3.82. The molecule has 0 aliphatic rings. The van der Waals surface area contributed by atoms with Crippen LogP contribution in [0.25, 0.3) is 0 Å². The van der Waals surface area contributed by atoms with Gasteiger partial charge in [0.05, 0.1) is 0 Å². The molecule has 1 nitrogen and oxygen atoms in total. The number of hydrogen-bond acceptors (Lipinski definition) is 1. The Labute approximate surface area is 107 Å². The Morgan fingerprint density at radius 2 is 1.32 bits per heavy atom. The summed E-state index contributed by atoms with van der Waals surface area (Å²) in [6, 6.07) is 2.50. The number of halogens is 8. The molecule has 1 rings (SSSR count). The molecule has 0 unspecified atom stereocenters. The minimum Gasteiger partial charge on any atom is -0.276 e. The highest BCUT2D eigenvalue weighted by Crippen LogP contribution is 2.54. The normalized spacial score (nSPS) is 13.5. The van der Waals surface area contributed by atoms with Crippen molar-refractivity contribution in [3.05, 3.63) is 35.4 Å². The monoisotopic (exact) mass is 308 g/mol. The summed E-state index contributed by atoms with van der Waals surface area (Å²) in [5, 5.41) is -1.62. The molecule has 0 saturated carbocycles. The van der Waals surface area contributed by atoms with Gasteiger partial charge in [-0.1, -0.05) is 18.2 Å². The van der Waals surface area contributed by atoms with E-state index in [4.69, 9.17) is 11.6 Å². The van der Waals surface area contributed by atoms with Crippen LogP contribution in [0.15, 0.2) is 24.3 Å². The topological polar surface area (TPSA) is 17.1 Å². The average Bonchev–Trinajstić information content (AvgIpc) is 2.24. The van der Waals surface area contributed by atoms with E-state index in [0.29, 0.717) is 6.07 Å². The second kappa shape index (κ2) is 4.66. The third-order valence-electron chi connectivity index (χ3n) is 2.29. The van der Waals surface area contributed by atoms with Gasteiger partial charge in [0, 0.05) is 11.1 Å². The fourth-order valence-electron chi connectivity index (χ4n) is 1.42. The average molecular weight is 309 g/mol. The molecule has 0 heterocycles. The molecular formula is C10H4ClF7O. The Kier molecular flexibility index (Phi) is 3.86. The number of rotatable bonds is 2. The summed E-state index contributed by atoms with van der Waals surface area (Å²) in [4.78, 5) is 10.8. The maximum absolute atomic E-state index is 13.7. The highest BCUT2D eigenvalue weighted by atomic mass is 35.5. The Bertz CT molecular complexity index is 477. The van der Waals surface area contributed by atoms with Crippen LogP contribution in [0.5, 0.6) is 0 Å². The Morgan fingerprint density at radius 3 is 1.68 bits per heavy atom. The summed E-state index contributed by atoms with van der Waals surface area (Å²) in [6.07, 6.45) is -12.6. The van der Waals surface area contributed by atoms with Crippen LogP contribution < -0.4 is 0 Å². The zero-order chi connectivity index (χ0) is 15.1. The molecule has 0 spiro atoms. The lowest BCUT2D eigenvalue weighted by Gasteiger charge is -2.31. The first-order valence-electron chi connectivity index (χ1n) is 4.54. The second-order valence-electron chi connectivity index (χ2n) is 3.47. The minimum absolute atomic E-state index is 0.219. The lowest BCUT2D eigenvalue weighted by Crippen LogP contribution is -2.51. The van der Waals surface area contributed by atoms with Gasteiger partial charge in [-0.15, -0.1) is 0 Å². The summed E-state index contributed by atoms with van der Waals surface area (Å²) < 4.78 is 88.6. The number of carbonyl (C=O) groups excluding carboxylic acids is 1. The SMILES string of the molecule is O=C(Cl)c1ccccc1C(F)(C(F)(F)F)C(F)(F)F. The molecular weight excluding hydrogens is 305 g/mol. The van der Waals surface area contributed by atoms with E-state index in [9.17, 15) is 35.5 Å². The molecule has 106 valence electrons. The third kappa shape index (κ3) is 2.54. The van der Waals surface area contributed by atoms with Gasteiger partial charge in [-0.25, -0.2) is 4.39 Å². The largest absolute Gasteiger partial charge is 0.435 e. The Hall–Kier alpha value is -1.31. The molecule has 1 aromatic rings. The maximum atomic E-state index is 13.7. The van der Waals surface area contributed by atoms with Gasteiger partial charge in [-0.3, -0.25) is 4.79 Å². The number of alkyl halides is 7. The van der Waals surface area contributed by atoms with Crippen LogP contribution in [-0.2, 0) is 5.67 Å². The van der Waals surface area contributed by atoms with Crippen LogP contribution in [0.1, 0.15) is 15.9 Å². The molecule has 9 heteroatoms. The summed E-state index contributed by atoms with van der Waals surface area (Å²) in [5.74, 6) is 0. The molecule has 0 bridgehead atoms. The van der Waals surface area contributed by atoms with Crippen molar-refractivity contribution in [2.24, 2.45) is 0 Å². The Morgan fingerprint density at radius 1 is 0.895 bits per heavy atom. The van der Waals surface area contributed by atoms with E-state index >= 15 is 0 Å². The molecule has 0 amide bonds. The van der Waals surface area contributed by atoms with Gasteiger partial charge in [-0.2, -0.15) is 26.3 Å².